The smallest absolute Gasteiger partial charge is 0.0965 e. The van der Waals surface area contributed by atoms with Crippen LogP contribution in [0.5, 0.6) is 0 Å². The van der Waals surface area contributed by atoms with E-state index < -0.39 is 0 Å². The van der Waals surface area contributed by atoms with Crippen LogP contribution in [-0.4, -0.2) is 59.3 Å². The van der Waals surface area contributed by atoms with Gasteiger partial charge in [0.2, 0.25) is 0 Å². The Bertz CT molecular complexity index is 358. The molecule has 1 rings (SSSR count). The zero-order valence-corrected chi connectivity index (χ0v) is 12.8. The number of methoxy groups -OCH3 is 1. The minimum atomic E-state index is 0.101. The topological polar surface area (TPSA) is 55.2 Å². The van der Waals surface area contributed by atoms with Crippen molar-refractivity contribution in [1.82, 2.24) is 25.2 Å². The highest BCUT2D eigenvalue weighted by Gasteiger charge is 2.10. The zero-order valence-electron chi connectivity index (χ0n) is 12.8. The lowest BCUT2D eigenvalue weighted by atomic mass is 10.1. The molecule has 0 saturated carbocycles. The third-order valence-electron chi connectivity index (χ3n) is 2.77. The maximum absolute atomic E-state index is 5.05. The molecule has 0 unspecified atom stereocenters. The van der Waals surface area contributed by atoms with Gasteiger partial charge in [-0.05, 0) is 27.8 Å². The summed E-state index contributed by atoms with van der Waals surface area (Å²) in [6.07, 6.45) is 2.00. The van der Waals surface area contributed by atoms with E-state index in [0.29, 0.717) is 0 Å². The second-order valence-corrected chi connectivity index (χ2v) is 5.87. The van der Waals surface area contributed by atoms with Crippen LogP contribution in [-0.2, 0) is 17.8 Å². The third-order valence-corrected chi connectivity index (χ3v) is 2.77. The lowest BCUT2D eigenvalue weighted by Crippen LogP contribution is -2.35. The van der Waals surface area contributed by atoms with Crippen LogP contribution in [0, 0.1) is 0 Å². The molecule has 6 nitrogen and oxygen atoms in total. The van der Waals surface area contributed by atoms with E-state index in [9.17, 15) is 0 Å². The minimum Gasteiger partial charge on any atom is -0.383 e. The van der Waals surface area contributed by atoms with Gasteiger partial charge in [0.15, 0.2) is 0 Å². The molecule has 0 radical (unpaired) electrons. The average Bonchev–Trinajstić information content (AvgIpc) is 2.78. The summed E-state index contributed by atoms with van der Waals surface area (Å²) in [6.45, 7) is 10.7. The number of aromatic nitrogens is 3. The summed E-state index contributed by atoms with van der Waals surface area (Å²) in [5, 5.41) is 11.7. The number of hydrogen-bond acceptors (Lipinski definition) is 5. The lowest BCUT2D eigenvalue weighted by Gasteiger charge is -2.19. The number of likely N-dealkylation sites (N-methyl/N-ethyl adjacent to an activating group) is 1. The molecule has 0 atom stereocenters. The molecule has 1 heterocycles. The van der Waals surface area contributed by atoms with Crippen molar-refractivity contribution >= 4 is 0 Å². The van der Waals surface area contributed by atoms with Crippen LogP contribution in [0.1, 0.15) is 26.5 Å². The van der Waals surface area contributed by atoms with Crippen LogP contribution in [0.15, 0.2) is 6.20 Å². The van der Waals surface area contributed by atoms with Gasteiger partial charge < -0.3 is 15.0 Å². The first kappa shape index (κ1) is 16.1. The van der Waals surface area contributed by atoms with Gasteiger partial charge in [0.05, 0.1) is 18.8 Å². The molecule has 0 saturated heterocycles. The van der Waals surface area contributed by atoms with Crippen molar-refractivity contribution < 1.29 is 4.74 Å². The van der Waals surface area contributed by atoms with Gasteiger partial charge in [0, 0.05) is 38.5 Å². The largest absolute Gasteiger partial charge is 0.383 e. The van der Waals surface area contributed by atoms with Gasteiger partial charge in [0.1, 0.15) is 0 Å². The molecule has 0 amide bonds. The van der Waals surface area contributed by atoms with E-state index in [4.69, 9.17) is 4.74 Å². The van der Waals surface area contributed by atoms with Crippen LogP contribution in [0.4, 0.5) is 0 Å². The summed E-state index contributed by atoms with van der Waals surface area (Å²) in [4.78, 5) is 2.22. The summed E-state index contributed by atoms with van der Waals surface area (Å²) in [5.74, 6) is 0. The Kier molecular flexibility index (Phi) is 6.41. The number of hydrogen-bond donors (Lipinski definition) is 1. The molecule has 1 aromatic rings. The van der Waals surface area contributed by atoms with E-state index in [1.807, 2.05) is 10.9 Å². The second-order valence-electron chi connectivity index (χ2n) is 5.87. The van der Waals surface area contributed by atoms with Crippen LogP contribution in [0.2, 0.25) is 0 Å². The Hall–Kier alpha value is -0.980. The Balaban J connectivity index is 2.30. The first-order chi connectivity index (χ1) is 8.90. The number of nitrogens with zero attached hydrogens (tertiary/aromatic N) is 4. The zero-order chi connectivity index (χ0) is 14.3. The van der Waals surface area contributed by atoms with E-state index in [2.05, 4.69) is 48.3 Å². The van der Waals surface area contributed by atoms with E-state index in [-0.39, 0.29) is 5.54 Å². The fourth-order valence-electron chi connectivity index (χ4n) is 1.52. The molecule has 1 N–H and O–H groups in total. The Morgan fingerprint density at radius 1 is 1.37 bits per heavy atom. The summed E-state index contributed by atoms with van der Waals surface area (Å²) in [5.41, 5.74) is 1.08. The fraction of sp³-hybridized carbons (Fsp3) is 0.846. The highest BCUT2D eigenvalue weighted by atomic mass is 16.5. The van der Waals surface area contributed by atoms with Crippen molar-refractivity contribution in [3.8, 4) is 0 Å². The number of rotatable bonds is 8. The van der Waals surface area contributed by atoms with Gasteiger partial charge >= 0.3 is 0 Å². The highest BCUT2D eigenvalue weighted by Crippen LogP contribution is 2.01. The van der Waals surface area contributed by atoms with Crippen molar-refractivity contribution in [3.05, 3.63) is 11.9 Å². The van der Waals surface area contributed by atoms with E-state index in [1.54, 1.807) is 7.11 Å². The van der Waals surface area contributed by atoms with Crippen LogP contribution in [0.25, 0.3) is 0 Å². The van der Waals surface area contributed by atoms with Gasteiger partial charge in [0.25, 0.3) is 0 Å². The molecule has 0 aliphatic rings. The van der Waals surface area contributed by atoms with E-state index in [1.165, 1.54) is 0 Å². The van der Waals surface area contributed by atoms with Crippen molar-refractivity contribution in [2.45, 2.75) is 39.4 Å². The molecular formula is C13H27N5O. The molecule has 1 aromatic heterocycles. The van der Waals surface area contributed by atoms with E-state index >= 15 is 0 Å². The van der Waals surface area contributed by atoms with Crippen molar-refractivity contribution in [2.75, 3.05) is 33.9 Å². The molecule has 0 spiro atoms. The van der Waals surface area contributed by atoms with Gasteiger partial charge in [-0.15, -0.1) is 5.10 Å². The SMILES string of the molecule is COCCN(C)CCn1cc(CNC(C)(C)C)nn1. The van der Waals surface area contributed by atoms with Crippen LogP contribution < -0.4 is 5.32 Å². The van der Waals surface area contributed by atoms with Gasteiger partial charge in [-0.25, -0.2) is 0 Å². The summed E-state index contributed by atoms with van der Waals surface area (Å²) >= 11 is 0. The maximum Gasteiger partial charge on any atom is 0.0965 e. The van der Waals surface area contributed by atoms with Gasteiger partial charge in [-0.3, -0.25) is 4.68 Å². The van der Waals surface area contributed by atoms with Crippen molar-refractivity contribution in [1.29, 1.82) is 0 Å². The quantitative estimate of drug-likeness (QED) is 0.754. The third kappa shape index (κ3) is 7.25. The second kappa shape index (κ2) is 7.57. The summed E-state index contributed by atoms with van der Waals surface area (Å²) < 4.78 is 6.94. The van der Waals surface area contributed by atoms with Gasteiger partial charge in [-0.2, -0.15) is 0 Å². The van der Waals surface area contributed by atoms with E-state index in [0.717, 1.165) is 38.5 Å². The molecule has 6 heteroatoms. The molecule has 0 aliphatic heterocycles. The fourth-order valence-corrected chi connectivity index (χ4v) is 1.52. The normalized spacial score (nSPS) is 12.3. The molecule has 110 valence electrons. The summed E-state index contributed by atoms with van der Waals surface area (Å²) in [6, 6.07) is 0. The number of ether oxygens (including phenoxy) is 1. The predicted octanol–water partition coefficient (Wildman–Crippen LogP) is 0.744. The first-order valence-corrected chi connectivity index (χ1v) is 6.72. The monoisotopic (exact) mass is 269 g/mol. The maximum atomic E-state index is 5.05. The molecule has 19 heavy (non-hydrogen) atoms. The summed E-state index contributed by atoms with van der Waals surface area (Å²) in [7, 11) is 3.80. The first-order valence-electron chi connectivity index (χ1n) is 6.72. The average molecular weight is 269 g/mol. The molecule has 0 bridgehead atoms. The van der Waals surface area contributed by atoms with Crippen molar-refractivity contribution in [2.24, 2.45) is 0 Å². The Labute approximate surface area is 116 Å². The minimum absolute atomic E-state index is 0.101. The predicted molar refractivity (Wildman–Crippen MR) is 76.0 cm³/mol. The number of nitrogens with one attached hydrogen (secondary N) is 1. The molecule has 0 aromatic carbocycles. The lowest BCUT2D eigenvalue weighted by molar-refractivity contribution is 0.158. The highest BCUT2D eigenvalue weighted by molar-refractivity contribution is 4.93. The van der Waals surface area contributed by atoms with Crippen LogP contribution in [0.3, 0.4) is 0 Å². The Morgan fingerprint density at radius 2 is 2.11 bits per heavy atom. The van der Waals surface area contributed by atoms with Crippen molar-refractivity contribution in [3.63, 3.8) is 0 Å². The molecular weight excluding hydrogens is 242 g/mol. The molecule has 0 aliphatic carbocycles. The van der Waals surface area contributed by atoms with Crippen LogP contribution >= 0.6 is 0 Å². The van der Waals surface area contributed by atoms with Gasteiger partial charge in [-0.1, -0.05) is 5.21 Å². The standard InChI is InChI=1S/C13H27N5O/c1-13(2,3)14-10-12-11-18(16-15-12)7-6-17(4)8-9-19-5/h11,14H,6-10H2,1-5H3. The Morgan fingerprint density at radius 3 is 2.74 bits per heavy atom. The molecule has 0 fully saturated rings.